The maximum atomic E-state index is 13.4. The number of nitrogens with zero attached hydrogens (tertiary/aromatic N) is 5. The topological polar surface area (TPSA) is 98.4 Å². The minimum absolute atomic E-state index is 0.0263. The van der Waals surface area contributed by atoms with Crippen LogP contribution in [0, 0.1) is 11.3 Å². The lowest BCUT2D eigenvalue weighted by Gasteiger charge is -2.38. The number of allylic oxidation sites excluding steroid dienone is 1. The molecule has 2 amide bonds. The molecule has 0 radical (unpaired) electrons. The standard InChI is InChI=1S/C27H35N5O3/c1-19(21-8-6-20(7-9-21)12-15-28)18-30-24(29-5)25(33)32(22-10-11-22)23-13-16-31(17-14-23)26(34)35-27(2,3)4/h6-9,18,22-23H,5,10-14,16-17H2,1-4H3/b19-18+,30-24?. The summed E-state index contributed by atoms with van der Waals surface area (Å²) >= 11 is 0. The van der Waals surface area contributed by atoms with Gasteiger partial charge in [0.15, 0.2) is 0 Å². The molecule has 186 valence electrons. The molecule has 2 fully saturated rings. The van der Waals surface area contributed by atoms with Crippen LogP contribution in [0.5, 0.6) is 0 Å². The summed E-state index contributed by atoms with van der Waals surface area (Å²) < 4.78 is 5.49. The van der Waals surface area contributed by atoms with Gasteiger partial charge in [0.05, 0.1) is 12.5 Å². The van der Waals surface area contributed by atoms with E-state index in [0.29, 0.717) is 32.4 Å². The highest BCUT2D eigenvalue weighted by Crippen LogP contribution is 2.32. The van der Waals surface area contributed by atoms with Gasteiger partial charge in [-0.25, -0.2) is 14.8 Å². The lowest BCUT2D eigenvalue weighted by atomic mass is 10.0. The van der Waals surface area contributed by atoms with Crippen LogP contribution >= 0.6 is 0 Å². The molecule has 0 bridgehead atoms. The van der Waals surface area contributed by atoms with Gasteiger partial charge in [0, 0.05) is 31.4 Å². The monoisotopic (exact) mass is 477 g/mol. The normalized spacial score (nSPS) is 17.5. The van der Waals surface area contributed by atoms with E-state index in [4.69, 9.17) is 10.00 Å². The van der Waals surface area contributed by atoms with Gasteiger partial charge < -0.3 is 14.5 Å². The van der Waals surface area contributed by atoms with E-state index in [1.54, 1.807) is 11.1 Å². The number of hydrogen-bond donors (Lipinski definition) is 0. The number of hydrogen-bond acceptors (Lipinski definition) is 5. The van der Waals surface area contributed by atoms with Gasteiger partial charge >= 0.3 is 6.09 Å². The van der Waals surface area contributed by atoms with Gasteiger partial charge in [0.25, 0.3) is 5.91 Å². The highest BCUT2D eigenvalue weighted by Gasteiger charge is 2.40. The second-order valence-electron chi connectivity index (χ2n) is 10.1. The zero-order valence-corrected chi connectivity index (χ0v) is 21.2. The number of amides is 2. The second-order valence-corrected chi connectivity index (χ2v) is 10.1. The third-order valence-corrected chi connectivity index (χ3v) is 6.10. The smallest absolute Gasteiger partial charge is 0.410 e. The zero-order chi connectivity index (χ0) is 25.6. The van der Waals surface area contributed by atoms with Crippen molar-refractivity contribution in [3.8, 4) is 6.07 Å². The molecule has 8 heteroatoms. The maximum Gasteiger partial charge on any atom is 0.410 e. The minimum Gasteiger partial charge on any atom is -0.444 e. The lowest BCUT2D eigenvalue weighted by molar-refractivity contribution is -0.127. The van der Waals surface area contributed by atoms with Crippen molar-refractivity contribution in [1.82, 2.24) is 9.80 Å². The van der Waals surface area contributed by atoms with Crippen molar-refractivity contribution in [2.24, 2.45) is 9.98 Å². The summed E-state index contributed by atoms with van der Waals surface area (Å²) in [5.41, 5.74) is 2.26. The van der Waals surface area contributed by atoms with Crippen LogP contribution in [-0.2, 0) is 16.0 Å². The first-order valence-electron chi connectivity index (χ1n) is 12.1. The quantitative estimate of drug-likeness (QED) is 0.457. The first kappa shape index (κ1) is 26.1. The molecular formula is C27H35N5O3. The molecule has 2 aliphatic rings. The fraction of sp³-hybridized carbons (Fsp3) is 0.519. The van der Waals surface area contributed by atoms with Crippen molar-refractivity contribution in [3.63, 3.8) is 0 Å². The molecular weight excluding hydrogens is 442 g/mol. The van der Waals surface area contributed by atoms with E-state index in [1.165, 1.54) is 0 Å². The van der Waals surface area contributed by atoms with Crippen molar-refractivity contribution in [3.05, 3.63) is 41.6 Å². The minimum atomic E-state index is -0.532. The van der Waals surface area contributed by atoms with E-state index < -0.39 is 5.60 Å². The van der Waals surface area contributed by atoms with Gasteiger partial charge in [0.1, 0.15) is 5.60 Å². The van der Waals surface area contributed by atoms with Crippen molar-refractivity contribution < 1.29 is 14.3 Å². The molecule has 0 atom stereocenters. The summed E-state index contributed by atoms with van der Waals surface area (Å²) in [5.74, 6) is -0.140. The number of amidine groups is 1. The van der Waals surface area contributed by atoms with Crippen LogP contribution in [0.4, 0.5) is 4.79 Å². The second kappa shape index (κ2) is 11.3. The van der Waals surface area contributed by atoms with Crippen LogP contribution in [0.15, 0.2) is 40.5 Å². The van der Waals surface area contributed by atoms with E-state index in [2.05, 4.69) is 22.8 Å². The number of carbonyl (C=O) groups is 2. The molecule has 1 saturated heterocycles. The van der Waals surface area contributed by atoms with Gasteiger partial charge in [-0.1, -0.05) is 24.3 Å². The average Bonchev–Trinajstić information content (AvgIpc) is 3.64. The Kier molecular flexibility index (Phi) is 8.44. The molecule has 1 aromatic rings. The van der Waals surface area contributed by atoms with E-state index in [9.17, 15) is 9.59 Å². The number of nitriles is 1. The molecule has 0 aromatic heterocycles. The summed E-state index contributed by atoms with van der Waals surface area (Å²) in [4.78, 5) is 37.8. The summed E-state index contributed by atoms with van der Waals surface area (Å²) in [6.07, 6.45) is 5.01. The molecule has 35 heavy (non-hydrogen) atoms. The number of rotatable bonds is 5. The van der Waals surface area contributed by atoms with E-state index in [1.807, 2.05) is 56.9 Å². The van der Waals surface area contributed by atoms with Crippen LogP contribution in [0.2, 0.25) is 0 Å². The largest absolute Gasteiger partial charge is 0.444 e. The van der Waals surface area contributed by atoms with Gasteiger partial charge in [0.2, 0.25) is 5.84 Å². The summed E-state index contributed by atoms with van der Waals surface area (Å²) in [7, 11) is 0. The molecule has 1 saturated carbocycles. The number of carbonyl (C=O) groups excluding carboxylic acids is 2. The third-order valence-electron chi connectivity index (χ3n) is 6.10. The summed E-state index contributed by atoms with van der Waals surface area (Å²) in [6.45, 7) is 12.2. The zero-order valence-electron chi connectivity index (χ0n) is 21.2. The first-order valence-corrected chi connectivity index (χ1v) is 12.1. The number of benzene rings is 1. The Morgan fingerprint density at radius 3 is 2.29 bits per heavy atom. The molecule has 1 aliphatic heterocycles. The van der Waals surface area contributed by atoms with Gasteiger partial charge in [-0.3, -0.25) is 4.79 Å². The molecule has 1 aliphatic carbocycles. The fourth-order valence-electron chi connectivity index (χ4n) is 4.12. The molecule has 8 nitrogen and oxygen atoms in total. The Bertz CT molecular complexity index is 1030. The predicted molar refractivity (Wildman–Crippen MR) is 137 cm³/mol. The van der Waals surface area contributed by atoms with Crippen LogP contribution in [0.1, 0.15) is 64.5 Å². The van der Waals surface area contributed by atoms with Crippen molar-refractivity contribution in [2.45, 2.75) is 77.5 Å². The van der Waals surface area contributed by atoms with Crippen LogP contribution in [0.25, 0.3) is 5.57 Å². The summed E-state index contributed by atoms with van der Waals surface area (Å²) in [6, 6.07) is 10.0. The molecule has 0 spiro atoms. The third kappa shape index (κ3) is 7.25. The van der Waals surface area contributed by atoms with Gasteiger partial charge in [-0.05, 0) is 76.8 Å². The Balaban J connectivity index is 1.68. The van der Waals surface area contributed by atoms with Crippen molar-refractivity contribution in [2.75, 3.05) is 13.1 Å². The highest BCUT2D eigenvalue weighted by molar-refractivity contribution is 6.39. The maximum absolute atomic E-state index is 13.4. The molecule has 1 aromatic carbocycles. The number of likely N-dealkylation sites (tertiary alicyclic amines) is 1. The fourth-order valence-corrected chi connectivity index (χ4v) is 4.12. The number of aliphatic imine (C=N–C) groups is 2. The van der Waals surface area contributed by atoms with E-state index in [0.717, 1.165) is 29.5 Å². The first-order chi connectivity index (χ1) is 16.6. The Hall–Kier alpha value is -3.47. The van der Waals surface area contributed by atoms with E-state index in [-0.39, 0.29) is 29.9 Å². The predicted octanol–water partition coefficient (Wildman–Crippen LogP) is 4.60. The Morgan fingerprint density at radius 2 is 1.77 bits per heavy atom. The van der Waals surface area contributed by atoms with Crippen LogP contribution in [-0.4, -0.2) is 65.1 Å². The van der Waals surface area contributed by atoms with Gasteiger partial charge in [-0.15, -0.1) is 0 Å². The number of ether oxygens (including phenoxy) is 1. The van der Waals surface area contributed by atoms with Crippen molar-refractivity contribution in [1.29, 1.82) is 5.26 Å². The van der Waals surface area contributed by atoms with E-state index >= 15 is 0 Å². The molecule has 0 unspecified atom stereocenters. The Labute approximate surface area is 208 Å². The Morgan fingerprint density at radius 1 is 1.17 bits per heavy atom. The summed E-state index contributed by atoms with van der Waals surface area (Å²) in [5, 5.41) is 8.83. The van der Waals surface area contributed by atoms with Gasteiger partial charge in [-0.2, -0.15) is 5.26 Å². The molecule has 0 N–H and O–H groups in total. The molecule has 1 heterocycles. The van der Waals surface area contributed by atoms with Crippen LogP contribution in [0.3, 0.4) is 0 Å². The lowest BCUT2D eigenvalue weighted by Crippen LogP contribution is -2.51. The number of piperidine rings is 1. The SMILES string of the molecule is C=NC(=N/C=C(\C)c1ccc(CC#N)cc1)C(=O)N(C1CC1)C1CCN(C(=O)OC(C)(C)C)CC1. The average molecular weight is 478 g/mol. The van der Waals surface area contributed by atoms with Crippen LogP contribution < -0.4 is 0 Å². The highest BCUT2D eigenvalue weighted by atomic mass is 16.6. The van der Waals surface area contributed by atoms with Crippen molar-refractivity contribution >= 4 is 30.1 Å². The molecule has 3 rings (SSSR count).